The Bertz CT molecular complexity index is 1290. The smallest absolute Gasteiger partial charge is 0.410 e. The van der Waals surface area contributed by atoms with Crippen molar-refractivity contribution in [2.24, 2.45) is 0 Å². The number of carbonyl (C=O) groups excluding carboxylic acids is 1. The minimum absolute atomic E-state index is 0.0853. The van der Waals surface area contributed by atoms with Gasteiger partial charge in [0.1, 0.15) is 0 Å². The molecule has 186 valence electrons. The topological polar surface area (TPSA) is 29.5 Å². The Hall–Kier alpha value is -3.59. The van der Waals surface area contributed by atoms with E-state index in [9.17, 15) is 4.79 Å². The maximum atomic E-state index is 13.4. The van der Waals surface area contributed by atoms with Gasteiger partial charge in [0.2, 0.25) is 0 Å². The molecule has 0 aliphatic heterocycles. The number of ether oxygens (including phenoxy) is 1. The van der Waals surface area contributed by atoms with E-state index < -0.39 is 0 Å². The zero-order valence-corrected chi connectivity index (χ0v) is 21.7. The first kappa shape index (κ1) is 25.5. The highest BCUT2D eigenvalue weighted by Crippen LogP contribution is 2.29. The van der Waals surface area contributed by atoms with Crippen LogP contribution >= 0.6 is 0 Å². The van der Waals surface area contributed by atoms with Crippen LogP contribution in [0.3, 0.4) is 0 Å². The number of amides is 1. The Morgan fingerprint density at radius 1 is 0.778 bits per heavy atom. The van der Waals surface area contributed by atoms with Crippen molar-refractivity contribution in [1.29, 1.82) is 0 Å². The highest BCUT2D eigenvalue weighted by atomic mass is 16.6. The average Bonchev–Trinajstić information content (AvgIpc) is 2.88. The van der Waals surface area contributed by atoms with Crippen molar-refractivity contribution >= 4 is 16.9 Å². The van der Waals surface area contributed by atoms with Gasteiger partial charge in [-0.2, -0.15) is 0 Å². The second-order valence-corrected chi connectivity index (χ2v) is 9.74. The molecule has 3 nitrogen and oxygen atoms in total. The van der Waals surface area contributed by atoms with Crippen molar-refractivity contribution in [3.8, 4) is 0 Å². The quantitative estimate of drug-likeness (QED) is 0.214. The zero-order valence-electron chi connectivity index (χ0n) is 21.7. The Balaban J connectivity index is 1.44. The van der Waals surface area contributed by atoms with Crippen molar-refractivity contribution in [3.63, 3.8) is 0 Å². The molecule has 0 N–H and O–H groups in total. The van der Waals surface area contributed by atoms with Gasteiger partial charge in [0, 0.05) is 6.54 Å². The lowest BCUT2D eigenvalue weighted by Crippen LogP contribution is -2.35. The third kappa shape index (κ3) is 6.75. The number of benzene rings is 4. The molecule has 36 heavy (non-hydrogen) atoms. The van der Waals surface area contributed by atoms with E-state index >= 15 is 0 Å². The summed E-state index contributed by atoms with van der Waals surface area (Å²) in [5.74, 6) is 0. The normalized spacial score (nSPS) is 11.9. The number of aryl methyl sites for hydroxylation is 4. The lowest BCUT2D eigenvalue weighted by atomic mass is 9.98. The van der Waals surface area contributed by atoms with Crippen molar-refractivity contribution in [3.05, 3.63) is 119 Å². The summed E-state index contributed by atoms with van der Waals surface area (Å²) in [6.07, 6.45) is 3.30. The van der Waals surface area contributed by atoms with E-state index in [2.05, 4.69) is 112 Å². The highest BCUT2D eigenvalue weighted by molar-refractivity contribution is 5.86. The maximum Gasteiger partial charge on any atom is 0.410 e. The van der Waals surface area contributed by atoms with Gasteiger partial charge in [0.05, 0.1) is 12.6 Å². The fraction of sp³-hybridized carbons (Fsp3) is 0.303. The molecule has 0 saturated heterocycles. The number of fused-ring (bicyclic) bond motifs is 1. The molecular weight excluding hydrogens is 442 g/mol. The van der Waals surface area contributed by atoms with Crippen LogP contribution in [0.25, 0.3) is 10.8 Å². The first-order valence-electron chi connectivity index (χ1n) is 13.0. The van der Waals surface area contributed by atoms with Crippen LogP contribution in [0.15, 0.2) is 91.0 Å². The van der Waals surface area contributed by atoms with E-state index in [0.717, 1.165) is 31.2 Å². The molecule has 0 radical (unpaired) electrons. The van der Waals surface area contributed by atoms with E-state index in [1.165, 1.54) is 33.0 Å². The van der Waals surface area contributed by atoms with Gasteiger partial charge < -0.3 is 9.64 Å². The summed E-state index contributed by atoms with van der Waals surface area (Å²) in [7, 11) is 0. The molecule has 1 unspecified atom stereocenters. The average molecular weight is 480 g/mol. The molecule has 0 aliphatic carbocycles. The lowest BCUT2D eigenvalue weighted by Gasteiger charge is -2.30. The van der Waals surface area contributed by atoms with Crippen LogP contribution in [-0.4, -0.2) is 24.1 Å². The third-order valence-electron chi connectivity index (χ3n) is 6.84. The minimum atomic E-state index is -0.232. The van der Waals surface area contributed by atoms with Gasteiger partial charge in [-0.15, -0.1) is 0 Å². The number of hydrogen-bond donors (Lipinski definition) is 0. The molecule has 4 rings (SSSR count). The van der Waals surface area contributed by atoms with Crippen LogP contribution < -0.4 is 0 Å². The Morgan fingerprint density at radius 2 is 1.39 bits per heavy atom. The summed E-state index contributed by atoms with van der Waals surface area (Å²) in [6.45, 7) is 7.40. The monoisotopic (exact) mass is 479 g/mol. The fourth-order valence-corrected chi connectivity index (χ4v) is 4.93. The molecule has 1 amide bonds. The summed E-state index contributed by atoms with van der Waals surface area (Å²) in [5.41, 5.74) is 6.26. The SMILES string of the molecule is Cc1cccc(CCCOC(=O)N(CCCc2cccc(C)c2)C(C)c2cccc3ccccc23)c1. The molecule has 4 aromatic carbocycles. The molecular formula is C33H37NO2. The Labute approximate surface area is 215 Å². The van der Waals surface area contributed by atoms with Crippen molar-refractivity contribution in [1.82, 2.24) is 4.90 Å². The van der Waals surface area contributed by atoms with E-state index in [0.29, 0.717) is 13.2 Å². The number of hydrogen-bond acceptors (Lipinski definition) is 2. The fourth-order valence-electron chi connectivity index (χ4n) is 4.93. The number of rotatable bonds is 10. The van der Waals surface area contributed by atoms with Crippen LogP contribution in [0.5, 0.6) is 0 Å². The van der Waals surface area contributed by atoms with Gasteiger partial charge in [-0.05, 0) is 73.9 Å². The van der Waals surface area contributed by atoms with Crippen LogP contribution in [0.4, 0.5) is 4.79 Å². The van der Waals surface area contributed by atoms with Gasteiger partial charge in [-0.1, -0.05) is 102 Å². The molecule has 4 aromatic rings. The van der Waals surface area contributed by atoms with Crippen LogP contribution in [-0.2, 0) is 17.6 Å². The molecule has 3 heteroatoms. The molecule has 0 saturated carbocycles. The maximum absolute atomic E-state index is 13.4. The van der Waals surface area contributed by atoms with Crippen molar-refractivity contribution < 1.29 is 9.53 Å². The van der Waals surface area contributed by atoms with Gasteiger partial charge in [0.15, 0.2) is 0 Å². The molecule has 0 fully saturated rings. The van der Waals surface area contributed by atoms with Crippen LogP contribution in [0.2, 0.25) is 0 Å². The van der Waals surface area contributed by atoms with E-state index in [-0.39, 0.29) is 12.1 Å². The second-order valence-electron chi connectivity index (χ2n) is 9.74. The lowest BCUT2D eigenvalue weighted by molar-refractivity contribution is 0.0874. The molecule has 0 aliphatic rings. The molecule has 0 spiro atoms. The first-order chi connectivity index (χ1) is 17.5. The standard InChI is InChI=1S/C33H37NO2/c1-25-11-6-13-28(23-25)15-9-21-34(27(3)31-20-8-18-30-17-4-5-19-32(30)31)33(35)36-22-10-16-29-14-7-12-26(2)24-29/h4-8,11-14,17-20,23-24,27H,9-10,15-16,21-22H2,1-3H3. The summed E-state index contributed by atoms with van der Waals surface area (Å²) in [6, 6.07) is 31.7. The first-order valence-corrected chi connectivity index (χ1v) is 13.0. The second kappa shape index (κ2) is 12.4. The summed E-state index contributed by atoms with van der Waals surface area (Å²) in [5, 5.41) is 2.37. The van der Waals surface area contributed by atoms with E-state index in [1.54, 1.807) is 0 Å². The Kier molecular flexibility index (Phi) is 8.78. The van der Waals surface area contributed by atoms with Gasteiger partial charge in [0.25, 0.3) is 0 Å². The predicted octanol–water partition coefficient (Wildman–Crippen LogP) is 8.22. The number of nitrogens with zero attached hydrogens (tertiary/aromatic N) is 1. The Morgan fingerprint density at radius 3 is 2.08 bits per heavy atom. The summed E-state index contributed by atoms with van der Waals surface area (Å²) >= 11 is 0. The largest absolute Gasteiger partial charge is 0.449 e. The van der Waals surface area contributed by atoms with Gasteiger partial charge >= 0.3 is 6.09 Å². The summed E-state index contributed by atoms with van der Waals surface area (Å²) < 4.78 is 5.82. The predicted molar refractivity (Wildman–Crippen MR) is 149 cm³/mol. The zero-order chi connectivity index (χ0) is 25.3. The van der Waals surface area contributed by atoms with Crippen molar-refractivity contribution in [2.75, 3.05) is 13.2 Å². The van der Waals surface area contributed by atoms with E-state index in [4.69, 9.17) is 4.74 Å². The van der Waals surface area contributed by atoms with E-state index in [1.807, 2.05) is 4.90 Å². The molecule has 0 aromatic heterocycles. The molecule has 1 atom stereocenters. The molecule has 0 bridgehead atoms. The highest BCUT2D eigenvalue weighted by Gasteiger charge is 2.24. The van der Waals surface area contributed by atoms with Crippen molar-refractivity contribution in [2.45, 2.75) is 52.5 Å². The number of carbonyl (C=O) groups is 1. The molecule has 0 heterocycles. The third-order valence-corrected chi connectivity index (χ3v) is 6.84. The van der Waals surface area contributed by atoms with Gasteiger partial charge in [-0.3, -0.25) is 0 Å². The van der Waals surface area contributed by atoms with Crippen LogP contribution in [0, 0.1) is 13.8 Å². The summed E-state index contributed by atoms with van der Waals surface area (Å²) in [4.78, 5) is 15.3. The minimum Gasteiger partial charge on any atom is -0.449 e. The van der Waals surface area contributed by atoms with Gasteiger partial charge in [-0.25, -0.2) is 4.79 Å². The van der Waals surface area contributed by atoms with Crippen LogP contribution in [0.1, 0.15) is 53.6 Å².